The quantitative estimate of drug-likeness (QED) is 0.557. The highest BCUT2D eigenvalue weighted by Gasteiger charge is 2.12. The topological polar surface area (TPSA) is 55.5 Å². The van der Waals surface area contributed by atoms with Crippen molar-refractivity contribution in [1.82, 2.24) is 14.3 Å². The van der Waals surface area contributed by atoms with E-state index in [2.05, 4.69) is 5.32 Å². The molecular weight excluding hydrogens is 381 g/mol. The number of benzene rings is 2. The van der Waals surface area contributed by atoms with Gasteiger partial charge in [-0.25, -0.2) is 4.39 Å². The summed E-state index contributed by atoms with van der Waals surface area (Å²) in [5.74, 6) is -0.624. The van der Waals surface area contributed by atoms with E-state index in [-0.39, 0.29) is 24.4 Å². The molecule has 2 heterocycles. The molecule has 4 rings (SSSR count). The molecule has 1 amide bonds. The maximum atomic E-state index is 13.8. The first-order valence-corrected chi connectivity index (χ1v) is 9.21. The molecule has 0 bridgehead atoms. The van der Waals surface area contributed by atoms with Gasteiger partial charge in [-0.1, -0.05) is 23.7 Å². The predicted molar refractivity (Wildman–Crippen MR) is 107 cm³/mol. The average Bonchev–Trinajstić information content (AvgIpc) is 3.17. The Morgan fingerprint density at radius 2 is 1.82 bits per heavy atom. The maximum Gasteiger partial charge on any atom is 0.275 e. The second kappa shape index (κ2) is 7.48. The molecule has 0 aliphatic carbocycles. The molecule has 0 fully saturated rings. The molecule has 4 aromatic rings. The number of nitrogens with one attached hydrogen (secondary N) is 1. The van der Waals surface area contributed by atoms with Crippen LogP contribution in [0.2, 0.25) is 5.02 Å². The molecule has 0 radical (unpaired) electrons. The van der Waals surface area contributed by atoms with Crippen LogP contribution in [0.25, 0.3) is 16.6 Å². The minimum Gasteiger partial charge on any atom is -0.352 e. The first-order chi connectivity index (χ1) is 13.5. The van der Waals surface area contributed by atoms with E-state index in [1.807, 2.05) is 12.1 Å². The van der Waals surface area contributed by atoms with E-state index >= 15 is 0 Å². The van der Waals surface area contributed by atoms with Crippen molar-refractivity contribution in [2.75, 3.05) is 0 Å². The lowest BCUT2D eigenvalue weighted by molar-refractivity contribution is -0.121. The fourth-order valence-electron chi connectivity index (χ4n) is 3.26. The van der Waals surface area contributed by atoms with Crippen molar-refractivity contribution in [3.8, 4) is 0 Å². The lowest BCUT2D eigenvalue weighted by atomic mass is 10.2. The second-order valence-electron chi connectivity index (χ2n) is 6.51. The molecule has 2 aromatic heterocycles. The molecule has 7 heteroatoms. The molecule has 1 N–H and O–H groups in total. The number of fused-ring (bicyclic) bond motifs is 3. The minimum atomic E-state index is -0.431. The summed E-state index contributed by atoms with van der Waals surface area (Å²) in [5, 5.41) is 3.46. The number of amides is 1. The standard InChI is InChI=1S/C21H17ClFN3O2/c22-15-5-3-14(4-6-15)13-24-20(27)9-11-26-19-12-16(23)7-8-17(19)25-10-1-2-18(25)21(26)28/h1-8,10,12H,9,11,13H2,(H,24,27). The largest absolute Gasteiger partial charge is 0.352 e. The molecule has 0 unspecified atom stereocenters. The molecule has 0 saturated heterocycles. The first-order valence-electron chi connectivity index (χ1n) is 8.83. The van der Waals surface area contributed by atoms with E-state index in [1.54, 1.807) is 40.9 Å². The summed E-state index contributed by atoms with van der Waals surface area (Å²) >= 11 is 5.85. The number of hydrogen-bond donors (Lipinski definition) is 1. The fourth-order valence-corrected chi connectivity index (χ4v) is 3.38. The number of carbonyl (C=O) groups excluding carboxylic acids is 1. The summed E-state index contributed by atoms with van der Waals surface area (Å²) in [6.07, 6.45) is 1.87. The van der Waals surface area contributed by atoms with Gasteiger partial charge < -0.3 is 14.3 Å². The Kier molecular flexibility index (Phi) is 4.88. The number of nitrogens with zero attached hydrogens (tertiary/aromatic N) is 2. The zero-order chi connectivity index (χ0) is 19.7. The van der Waals surface area contributed by atoms with Crippen LogP contribution in [0, 0.1) is 5.82 Å². The van der Waals surface area contributed by atoms with Crippen LogP contribution in [-0.4, -0.2) is 14.9 Å². The number of hydrogen-bond acceptors (Lipinski definition) is 2. The Bertz CT molecular complexity index is 1230. The SMILES string of the molecule is O=C(CCn1c(=O)c2cccn2c2ccc(F)cc21)NCc1ccc(Cl)cc1. The normalized spacial score (nSPS) is 11.2. The summed E-state index contributed by atoms with van der Waals surface area (Å²) in [6.45, 7) is 0.533. The van der Waals surface area contributed by atoms with Crippen LogP contribution < -0.4 is 10.9 Å². The molecule has 0 saturated carbocycles. The van der Waals surface area contributed by atoms with Gasteiger partial charge in [0.2, 0.25) is 5.91 Å². The van der Waals surface area contributed by atoms with Crippen LogP contribution in [-0.2, 0) is 17.9 Å². The molecule has 28 heavy (non-hydrogen) atoms. The molecule has 5 nitrogen and oxygen atoms in total. The summed E-state index contributed by atoms with van der Waals surface area (Å²) in [5.41, 5.74) is 2.33. The first kappa shape index (κ1) is 18.3. The van der Waals surface area contributed by atoms with Gasteiger partial charge >= 0.3 is 0 Å². The van der Waals surface area contributed by atoms with E-state index in [9.17, 15) is 14.0 Å². The van der Waals surface area contributed by atoms with Gasteiger partial charge in [-0.2, -0.15) is 0 Å². The van der Waals surface area contributed by atoms with Crippen molar-refractivity contribution in [3.63, 3.8) is 0 Å². The van der Waals surface area contributed by atoms with Gasteiger partial charge in [0, 0.05) is 30.7 Å². The van der Waals surface area contributed by atoms with Crippen LogP contribution in [0.15, 0.2) is 65.6 Å². The molecular formula is C21H17ClFN3O2. The summed E-state index contributed by atoms with van der Waals surface area (Å²) < 4.78 is 17.0. The van der Waals surface area contributed by atoms with Crippen LogP contribution in [0.5, 0.6) is 0 Å². The number of aryl methyl sites for hydroxylation is 1. The average molecular weight is 398 g/mol. The van der Waals surface area contributed by atoms with E-state index in [0.29, 0.717) is 28.1 Å². The van der Waals surface area contributed by atoms with Crippen molar-refractivity contribution in [1.29, 1.82) is 0 Å². The number of carbonyl (C=O) groups is 1. The smallest absolute Gasteiger partial charge is 0.275 e. The lowest BCUT2D eigenvalue weighted by Gasteiger charge is -2.13. The Morgan fingerprint density at radius 1 is 1.04 bits per heavy atom. The van der Waals surface area contributed by atoms with Crippen LogP contribution in [0.1, 0.15) is 12.0 Å². The third-order valence-corrected chi connectivity index (χ3v) is 4.92. The van der Waals surface area contributed by atoms with Gasteiger partial charge in [0.1, 0.15) is 11.3 Å². The van der Waals surface area contributed by atoms with Gasteiger partial charge in [-0.3, -0.25) is 9.59 Å². The third kappa shape index (κ3) is 3.51. The van der Waals surface area contributed by atoms with Gasteiger partial charge in [0.25, 0.3) is 5.56 Å². The molecule has 0 atom stereocenters. The monoisotopic (exact) mass is 397 g/mol. The molecule has 142 valence electrons. The zero-order valence-electron chi connectivity index (χ0n) is 14.9. The van der Waals surface area contributed by atoms with E-state index in [4.69, 9.17) is 11.6 Å². The second-order valence-corrected chi connectivity index (χ2v) is 6.94. The van der Waals surface area contributed by atoms with Gasteiger partial charge in [0.05, 0.1) is 11.0 Å². The maximum absolute atomic E-state index is 13.8. The Hall–Kier alpha value is -3.12. The van der Waals surface area contributed by atoms with Crippen LogP contribution in [0.4, 0.5) is 4.39 Å². The van der Waals surface area contributed by atoms with Crippen molar-refractivity contribution in [3.05, 3.63) is 87.6 Å². The molecule has 0 spiro atoms. The van der Waals surface area contributed by atoms with Gasteiger partial charge in [0.15, 0.2) is 0 Å². The number of aromatic nitrogens is 2. The molecule has 0 aliphatic rings. The van der Waals surface area contributed by atoms with Crippen molar-refractivity contribution >= 4 is 34.1 Å². The van der Waals surface area contributed by atoms with E-state index < -0.39 is 5.82 Å². The molecule has 2 aromatic carbocycles. The highest BCUT2D eigenvalue weighted by molar-refractivity contribution is 6.30. The van der Waals surface area contributed by atoms with E-state index in [0.717, 1.165) is 5.56 Å². The predicted octanol–water partition coefficient (Wildman–Crippen LogP) is 3.75. The van der Waals surface area contributed by atoms with Crippen LogP contribution in [0.3, 0.4) is 0 Å². The van der Waals surface area contributed by atoms with E-state index in [1.165, 1.54) is 16.7 Å². The summed E-state index contributed by atoms with van der Waals surface area (Å²) in [7, 11) is 0. The lowest BCUT2D eigenvalue weighted by Crippen LogP contribution is -2.28. The van der Waals surface area contributed by atoms with Crippen molar-refractivity contribution in [2.45, 2.75) is 19.5 Å². The summed E-state index contributed by atoms with van der Waals surface area (Å²) in [6, 6.07) is 15.0. The highest BCUT2D eigenvalue weighted by atomic mass is 35.5. The minimum absolute atomic E-state index is 0.107. The van der Waals surface area contributed by atoms with Gasteiger partial charge in [-0.05, 0) is 48.0 Å². The van der Waals surface area contributed by atoms with Gasteiger partial charge in [-0.15, -0.1) is 0 Å². The zero-order valence-corrected chi connectivity index (χ0v) is 15.6. The summed E-state index contributed by atoms with van der Waals surface area (Å²) in [4.78, 5) is 25.1. The van der Waals surface area contributed by atoms with Crippen molar-refractivity contribution in [2.24, 2.45) is 0 Å². The Morgan fingerprint density at radius 3 is 2.61 bits per heavy atom. The fraction of sp³-hybridized carbons (Fsp3) is 0.143. The molecule has 0 aliphatic heterocycles. The number of rotatable bonds is 5. The Labute approximate surface area is 165 Å². The third-order valence-electron chi connectivity index (χ3n) is 4.67. The Balaban J connectivity index is 1.56. The van der Waals surface area contributed by atoms with Crippen LogP contribution >= 0.6 is 11.6 Å². The highest BCUT2D eigenvalue weighted by Crippen LogP contribution is 2.17. The number of halogens is 2. The van der Waals surface area contributed by atoms with Crippen molar-refractivity contribution < 1.29 is 9.18 Å².